The van der Waals surface area contributed by atoms with Crippen LogP contribution in [0, 0.1) is 0 Å². The highest BCUT2D eigenvalue weighted by molar-refractivity contribution is 7.44. The summed E-state index contributed by atoms with van der Waals surface area (Å²) in [5.74, 6) is 0. The number of nitrogens with zero attached hydrogens (tertiary/aromatic N) is 2. The molecule has 0 aliphatic carbocycles. The topological polar surface area (TPSA) is 6.48 Å². The van der Waals surface area contributed by atoms with Crippen LogP contribution in [0.4, 0.5) is 34.1 Å². The van der Waals surface area contributed by atoms with Crippen LogP contribution in [-0.2, 0) is 0 Å². The van der Waals surface area contributed by atoms with E-state index in [1.807, 2.05) is 45.3 Å². The molecule has 4 aromatic heterocycles. The summed E-state index contributed by atoms with van der Waals surface area (Å²) in [6.45, 7) is 0.102. The summed E-state index contributed by atoms with van der Waals surface area (Å²) < 4.78 is 8.24. The maximum Gasteiger partial charge on any atom is 0.277 e. The Hall–Kier alpha value is -6.48. The molecule has 0 atom stereocenters. The van der Waals surface area contributed by atoms with E-state index in [9.17, 15) is 0 Å². The van der Waals surface area contributed by atoms with Crippen molar-refractivity contribution < 1.29 is 0 Å². The predicted octanol–water partition coefficient (Wildman–Crippen LogP) is 15.0. The average molecular weight is 849 g/mol. The van der Waals surface area contributed by atoms with E-state index in [-0.39, 0.29) is 6.71 Å². The maximum absolute atomic E-state index is 2.58. The molecule has 0 saturated heterocycles. The van der Waals surface area contributed by atoms with E-state index in [4.69, 9.17) is 0 Å². The van der Waals surface area contributed by atoms with Crippen LogP contribution in [0.2, 0.25) is 0 Å². The molecule has 11 aromatic rings. The van der Waals surface area contributed by atoms with Crippen LogP contribution >= 0.6 is 45.3 Å². The Labute approximate surface area is 370 Å². The quantitative estimate of drug-likeness (QED) is 0.154. The minimum atomic E-state index is 0.102. The molecule has 0 radical (unpaired) electrons. The van der Waals surface area contributed by atoms with Gasteiger partial charge in [-0.15, -0.1) is 45.3 Å². The molecule has 6 heterocycles. The monoisotopic (exact) mass is 848 g/mol. The van der Waals surface area contributed by atoms with Crippen molar-refractivity contribution in [3.8, 4) is 43.1 Å². The first-order valence-corrected chi connectivity index (χ1v) is 23.8. The van der Waals surface area contributed by atoms with Gasteiger partial charge in [-0.25, -0.2) is 0 Å². The summed E-state index contributed by atoms with van der Waals surface area (Å²) in [4.78, 5) is 7.77. The van der Waals surface area contributed by atoms with Crippen LogP contribution < -0.4 is 24.8 Å². The summed E-state index contributed by atoms with van der Waals surface area (Å²) in [7, 11) is 0. The second-order valence-corrected chi connectivity index (χ2v) is 19.9. The molecule has 0 bridgehead atoms. The van der Waals surface area contributed by atoms with Gasteiger partial charge < -0.3 is 9.80 Å². The molecule has 0 N–H and O–H groups in total. The highest BCUT2D eigenvalue weighted by atomic mass is 32.1. The largest absolute Gasteiger partial charge is 0.309 e. The number of fused-ring (bicyclic) bond motifs is 8. The fourth-order valence-corrected chi connectivity index (χ4v) is 14.9. The first-order valence-electron chi connectivity index (χ1n) is 20.5. The van der Waals surface area contributed by atoms with Crippen LogP contribution in [0.5, 0.6) is 0 Å². The van der Waals surface area contributed by atoms with Crippen molar-refractivity contribution in [1.29, 1.82) is 0 Å². The summed E-state index contributed by atoms with van der Waals surface area (Å²) in [5, 5.41) is 0. The van der Waals surface area contributed by atoms with Crippen molar-refractivity contribution in [2.45, 2.75) is 0 Å². The molecule has 0 unspecified atom stereocenters. The SMILES string of the molecule is c1ccc(-c2ccc(N3c4cccc5c4B(c4sc6cc(-c7ccccc7)sc6c43)c3sc4cc(-c6ccccc6)sc4c3N5c3ccc(-c4ccccc4)cc3)cc2)cc1. The molecule has 2 aliphatic heterocycles. The predicted molar refractivity (Wildman–Crippen MR) is 269 cm³/mol. The smallest absolute Gasteiger partial charge is 0.277 e. The van der Waals surface area contributed by atoms with E-state index >= 15 is 0 Å². The van der Waals surface area contributed by atoms with E-state index in [2.05, 4.69) is 210 Å². The van der Waals surface area contributed by atoms with Crippen LogP contribution in [0.15, 0.2) is 200 Å². The van der Waals surface area contributed by atoms with E-state index in [0.29, 0.717) is 0 Å². The van der Waals surface area contributed by atoms with E-state index in [1.165, 1.54) is 111 Å². The highest BCUT2D eigenvalue weighted by Crippen LogP contribution is 2.54. The third kappa shape index (κ3) is 5.58. The molecule has 61 heavy (non-hydrogen) atoms. The lowest BCUT2D eigenvalue weighted by Gasteiger charge is -2.41. The Morgan fingerprint density at radius 1 is 0.328 bits per heavy atom. The van der Waals surface area contributed by atoms with Crippen molar-refractivity contribution in [2.24, 2.45) is 0 Å². The van der Waals surface area contributed by atoms with Crippen molar-refractivity contribution in [1.82, 2.24) is 0 Å². The molecule has 13 rings (SSSR count). The van der Waals surface area contributed by atoms with Gasteiger partial charge in [-0.05, 0) is 87.4 Å². The minimum absolute atomic E-state index is 0.102. The van der Waals surface area contributed by atoms with Gasteiger partial charge in [0.2, 0.25) is 0 Å². The van der Waals surface area contributed by atoms with Gasteiger partial charge in [0.15, 0.2) is 0 Å². The second kappa shape index (κ2) is 14.0. The fourth-order valence-electron chi connectivity index (χ4n) is 9.34. The molecular formula is C54H33BN2S4. The lowest BCUT2D eigenvalue weighted by molar-refractivity contribution is 1.28. The maximum atomic E-state index is 2.58. The Bertz CT molecular complexity index is 3180. The minimum Gasteiger partial charge on any atom is -0.309 e. The van der Waals surface area contributed by atoms with Gasteiger partial charge in [-0.2, -0.15) is 0 Å². The first kappa shape index (κ1) is 35.3. The summed E-state index contributed by atoms with van der Waals surface area (Å²) in [6, 6.07) is 73.4. The molecule has 0 saturated carbocycles. The zero-order valence-electron chi connectivity index (χ0n) is 32.7. The third-order valence-electron chi connectivity index (χ3n) is 12.1. The summed E-state index contributed by atoms with van der Waals surface area (Å²) >= 11 is 7.83. The molecule has 2 aliphatic rings. The van der Waals surface area contributed by atoms with Gasteiger partial charge in [0.1, 0.15) is 0 Å². The number of hydrogen-bond donors (Lipinski definition) is 0. The van der Waals surface area contributed by atoms with E-state index in [0.717, 1.165) is 0 Å². The average Bonchev–Trinajstić information content (AvgIpc) is 4.11. The van der Waals surface area contributed by atoms with Gasteiger partial charge in [0.25, 0.3) is 6.71 Å². The van der Waals surface area contributed by atoms with E-state index < -0.39 is 0 Å². The molecule has 0 fully saturated rings. The zero-order chi connectivity index (χ0) is 40.0. The number of anilines is 6. The first-order chi connectivity index (χ1) is 30.2. The lowest BCUT2D eigenvalue weighted by Crippen LogP contribution is -2.59. The Morgan fingerprint density at radius 3 is 1.08 bits per heavy atom. The third-order valence-corrected chi connectivity index (χ3v) is 17.1. The number of rotatable bonds is 6. The molecular weight excluding hydrogens is 816 g/mol. The summed E-state index contributed by atoms with van der Waals surface area (Å²) in [5.41, 5.74) is 16.3. The van der Waals surface area contributed by atoms with Crippen LogP contribution in [-0.4, -0.2) is 6.71 Å². The standard InChI is InChI=1S/C54H33BN2S4/c1-5-14-34(15-6-1)36-24-28-40(29-25-36)56-42-22-13-23-43-48(42)55(53-49(56)51-46(60-53)32-44(58-51)38-18-9-3-10-19-38)54-50(52-47(61-54)33-45(59-52)39-20-11-4-12-21-39)57(43)41-30-26-37(27-31-41)35-16-7-2-8-17-35/h1-33H. The van der Waals surface area contributed by atoms with Gasteiger partial charge in [-0.1, -0.05) is 152 Å². The van der Waals surface area contributed by atoms with Crippen molar-refractivity contribution >= 4 is 120 Å². The molecule has 286 valence electrons. The van der Waals surface area contributed by atoms with Gasteiger partial charge >= 0.3 is 0 Å². The lowest BCUT2D eigenvalue weighted by atomic mass is 9.39. The molecule has 0 spiro atoms. The molecule has 2 nitrogen and oxygen atoms in total. The highest BCUT2D eigenvalue weighted by Gasteiger charge is 2.47. The number of benzene rings is 7. The van der Waals surface area contributed by atoms with Gasteiger partial charge in [0.05, 0.1) is 20.8 Å². The Balaban J connectivity index is 1.06. The van der Waals surface area contributed by atoms with Crippen molar-refractivity contribution in [3.05, 3.63) is 200 Å². The van der Waals surface area contributed by atoms with Gasteiger partial charge in [0, 0.05) is 51.5 Å². The van der Waals surface area contributed by atoms with E-state index in [1.54, 1.807) is 0 Å². The molecule has 7 heteroatoms. The Kier molecular flexibility index (Phi) is 8.13. The number of thiophene rings is 4. The fraction of sp³-hybridized carbons (Fsp3) is 0. The van der Waals surface area contributed by atoms with Crippen LogP contribution in [0.3, 0.4) is 0 Å². The molecule has 7 aromatic carbocycles. The van der Waals surface area contributed by atoms with Crippen LogP contribution in [0.1, 0.15) is 0 Å². The number of hydrogen-bond acceptors (Lipinski definition) is 6. The summed E-state index contributed by atoms with van der Waals surface area (Å²) in [6.07, 6.45) is 0. The molecule has 0 amide bonds. The van der Waals surface area contributed by atoms with Gasteiger partial charge in [-0.3, -0.25) is 0 Å². The van der Waals surface area contributed by atoms with Crippen molar-refractivity contribution in [2.75, 3.05) is 9.80 Å². The zero-order valence-corrected chi connectivity index (χ0v) is 35.9. The second-order valence-electron chi connectivity index (χ2n) is 15.6. The van der Waals surface area contributed by atoms with Crippen LogP contribution in [0.25, 0.3) is 61.9 Å². The normalized spacial score (nSPS) is 12.8. The Morgan fingerprint density at radius 2 is 0.689 bits per heavy atom. The van der Waals surface area contributed by atoms with Crippen molar-refractivity contribution in [3.63, 3.8) is 0 Å².